The van der Waals surface area contributed by atoms with Crippen LogP contribution in [0.4, 0.5) is 0 Å². The second-order valence-electron chi connectivity index (χ2n) is 2.01. The molecular weight excluding hydrogens is 122 g/mol. The molecule has 0 aromatic carbocycles. The van der Waals surface area contributed by atoms with Crippen LogP contribution in [0.15, 0.2) is 10.3 Å². The van der Waals surface area contributed by atoms with Gasteiger partial charge in [-0.15, -0.1) is 5.11 Å². The van der Waals surface area contributed by atoms with E-state index < -0.39 is 11.6 Å². The molecule has 0 atom stereocenters. The summed E-state index contributed by atoms with van der Waals surface area (Å²) in [7, 11) is 0. The summed E-state index contributed by atoms with van der Waals surface area (Å²) in [6.45, 7) is 0. The Bertz CT molecular complexity index is 145. The first-order valence-electron chi connectivity index (χ1n) is 2.30. The van der Waals surface area contributed by atoms with Gasteiger partial charge < -0.3 is 0 Å². The fourth-order valence-corrected chi connectivity index (χ4v) is 0.363. The van der Waals surface area contributed by atoms with Gasteiger partial charge in [0.15, 0.2) is 0 Å². The zero-order valence-electron chi connectivity index (χ0n) is 4.70. The molecule has 0 fully saturated rings. The predicted molar refractivity (Wildman–Crippen MR) is 30.2 cm³/mol. The molecule has 0 amide bonds. The monoisotopic (exact) mass is 131 g/mol. The van der Waals surface area contributed by atoms with Gasteiger partial charge in [0.1, 0.15) is 0 Å². The first-order chi connectivity index (χ1) is 3.96. The Kier molecular flexibility index (Phi) is 0.983. The molecule has 0 saturated carbocycles. The SMILES string of the molecule is NC1(N)N=NNC1(N)N. The van der Waals surface area contributed by atoms with E-state index in [4.69, 9.17) is 22.9 Å². The van der Waals surface area contributed by atoms with Gasteiger partial charge in [-0.3, -0.25) is 28.4 Å². The summed E-state index contributed by atoms with van der Waals surface area (Å²) in [5.41, 5.74) is 23.3. The average molecular weight is 131 g/mol. The van der Waals surface area contributed by atoms with Crippen LogP contribution in [-0.2, 0) is 0 Å². The van der Waals surface area contributed by atoms with Crippen LogP contribution in [0.5, 0.6) is 0 Å². The van der Waals surface area contributed by atoms with Gasteiger partial charge in [-0.1, -0.05) is 5.22 Å². The highest BCUT2D eigenvalue weighted by Gasteiger charge is 2.45. The minimum Gasteiger partial charge on any atom is -0.291 e. The lowest BCUT2D eigenvalue weighted by molar-refractivity contribution is 0.240. The van der Waals surface area contributed by atoms with E-state index in [9.17, 15) is 0 Å². The molecule has 0 spiro atoms. The van der Waals surface area contributed by atoms with Crippen molar-refractivity contribution in [3.05, 3.63) is 0 Å². The number of nitrogens with zero attached hydrogens (tertiary/aromatic N) is 2. The Morgan fingerprint density at radius 1 is 1.11 bits per heavy atom. The summed E-state index contributed by atoms with van der Waals surface area (Å²) in [5.74, 6) is -2.94. The van der Waals surface area contributed by atoms with E-state index in [0.29, 0.717) is 0 Å². The van der Waals surface area contributed by atoms with Gasteiger partial charge in [-0.25, -0.2) is 0 Å². The van der Waals surface area contributed by atoms with Crippen LogP contribution in [0.2, 0.25) is 0 Å². The highest BCUT2D eigenvalue weighted by Crippen LogP contribution is 2.09. The van der Waals surface area contributed by atoms with E-state index in [1.54, 1.807) is 0 Å². The van der Waals surface area contributed by atoms with Crippen molar-refractivity contribution in [3.63, 3.8) is 0 Å². The van der Waals surface area contributed by atoms with E-state index >= 15 is 0 Å². The van der Waals surface area contributed by atoms with Crippen molar-refractivity contribution in [2.75, 3.05) is 0 Å². The molecule has 1 aliphatic rings. The first kappa shape index (κ1) is 6.36. The number of nitrogens with one attached hydrogen (secondary N) is 1. The third kappa shape index (κ3) is 0.754. The Hall–Kier alpha value is -0.760. The lowest BCUT2D eigenvalue weighted by atomic mass is 10.2. The van der Waals surface area contributed by atoms with Gasteiger partial charge in [0.2, 0.25) is 11.6 Å². The van der Waals surface area contributed by atoms with Crippen LogP contribution in [0.3, 0.4) is 0 Å². The minimum atomic E-state index is -1.51. The molecule has 0 aliphatic carbocycles. The largest absolute Gasteiger partial charge is 0.291 e. The molecule has 7 heteroatoms. The summed E-state index contributed by atoms with van der Waals surface area (Å²) in [6, 6.07) is 0. The van der Waals surface area contributed by atoms with Crippen molar-refractivity contribution in [1.29, 1.82) is 0 Å². The molecule has 9 heavy (non-hydrogen) atoms. The van der Waals surface area contributed by atoms with Gasteiger partial charge in [0.05, 0.1) is 0 Å². The summed E-state index contributed by atoms with van der Waals surface area (Å²) in [4.78, 5) is 0. The molecule has 0 saturated heterocycles. The zero-order chi connectivity index (χ0) is 7.12. The van der Waals surface area contributed by atoms with E-state index in [-0.39, 0.29) is 0 Å². The summed E-state index contributed by atoms with van der Waals surface area (Å²) < 4.78 is 0. The highest BCUT2D eigenvalue weighted by atomic mass is 15.6. The predicted octanol–water partition coefficient (Wildman–Crippen LogP) is -2.90. The van der Waals surface area contributed by atoms with Crippen LogP contribution in [-0.4, -0.2) is 11.6 Å². The van der Waals surface area contributed by atoms with E-state index in [2.05, 4.69) is 15.8 Å². The van der Waals surface area contributed by atoms with Gasteiger partial charge in [-0.05, 0) is 0 Å². The Morgan fingerprint density at radius 2 is 1.67 bits per heavy atom. The van der Waals surface area contributed by atoms with Gasteiger partial charge in [0.25, 0.3) is 0 Å². The van der Waals surface area contributed by atoms with Crippen LogP contribution in [0.1, 0.15) is 0 Å². The number of nitrogens with two attached hydrogens (primary N) is 4. The van der Waals surface area contributed by atoms with E-state index in [0.717, 1.165) is 0 Å². The second-order valence-corrected chi connectivity index (χ2v) is 2.01. The van der Waals surface area contributed by atoms with Gasteiger partial charge >= 0.3 is 0 Å². The quantitative estimate of drug-likeness (QED) is 0.224. The smallest absolute Gasteiger partial charge is 0.234 e. The Labute approximate surface area is 51.4 Å². The standard InChI is InChI=1S/C2H9N7/c3-1(4)2(5,6)8-9-7-1/h3-6H2,(H,7,8). The summed E-state index contributed by atoms with van der Waals surface area (Å²) >= 11 is 0. The molecule has 1 heterocycles. The molecule has 0 radical (unpaired) electrons. The number of hydrogen-bond donors (Lipinski definition) is 5. The first-order valence-corrected chi connectivity index (χ1v) is 2.30. The van der Waals surface area contributed by atoms with Crippen molar-refractivity contribution < 1.29 is 0 Å². The maximum absolute atomic E-state index is 5.28. The molecular formula is C2H9N7. The molecule has 0 bridgehead atoms. The molecule has 9 N–H and O–H groups in total. The molecule has 0 aromatic heterocycles. The van der Waals surface area contributed by atoms with Crippen LogP contribution in [0, 0.1) is 0 Å². The summed E-state index contributed by atoms with van der Waals surface area (Å²) in [5, 5.41) is 6.60. The lowest BCUT2D eigenvalue weighted by Crippen LogP contribution is -2.77. The van der Waals surface area contributed by atoms with Crippen LogP contribution >= 0.6 is 0 Å². The second kappa shape index (κ2) is 1.39. The normalized spacial score (nSPS) is 28.0. The molecule has 52 valence electrons. The summed E-state index contributed by atoms with van der Waals surface area (Å²) in [6.07, 6.45) is 0. The van der Waals surface area contributed by atoms with Gasteiger partial charge in [0, 0.05) is 0 Å². The molecule has 7 nitrogen and oxygen atoms in total. The highest BCUT2D eigenvalue weighted by molar-refractivity contribution is 4.96. The topological polar surface area (TPSA) is 141 Å². The third-order valence-corrected chi connectivity index (χ3v) is 1.11. The molecule has 0 unspecified atom stereocenters. The number of hydrogen-bond acceptors (Lipinski definition) is 7. The van der Waals surface area contributed by atoms with Crippen molar-refractivity contribution in [2.45, 2.75) is 11.6 Å². The van der Waals surface area contributed by atoms with Crippen molar-refractivity contribution in [2.24, 2.45) is 33.3 Å². The minimum absolute atomic E-state index is 1.44. The maximum Gasteiger partial charge on any atom is 0.234 e. The lowest BCUT2D eigenvalue weighted by Gasteiger charge is -2.28. The third-order valence-electron chi connectivity index (χ3n) is 1.11. The fourth-order valence-electron chi connectivity index (χ4n) is 0.363. The molecule has 1 rings (SSSR count). The molecule has 1 aliphatic heterocycles. The number of rotatable bonds is 0. The van der Waals surface area contributed by atoms with Crippen molar-refractivity contribution in [1.82, 2.24) is 5.43 Å². The van der Waals surface area contributed by atoms with Gasteiger partial charge in [-0.2, -0.15) is 0 Å². The maximum atomic E-state index is 5.28. The van der Waals surface area contributed by atoms with E-state index in [1.807, 2.05) is 0 Å². The van der Waals surface area contributed by atoms with E-state index in [1.165, 1.54) is 0 Å². The zero-order valence-corrected chi connectivity index (χ0v) is 4.70. The fraction of sp³-hybridized carbons (Fsp3) is 1.00. The van der Waals surface area contributed by atoms with Crippen molar-refractivity contribution in [3.8, 4) is 0 Å². The molecule has 0 aromatic rings. The van der Waals surface area contributed by atoms with Crippen LogP contribution in [0.25, 0.3) is 0 Å². The average Bonchev–Trinajstić information content (AvgIpc) is 1.81. The van der Waals surface area contributed by atoms with Crippen molar-refractivity contribution >= 4 is 0 Å². The van der Waals surface area contributed by atoms with Crippen LogP contribution < -0.4 is 28.4 Å². The Morgan fingerprint density at radius 3 is 1.78 bits per heavy atom. The Balaban J connectivity index is 2.84.